The zero-order chi connectivity index (χ0) is 12.3. The molecule has 0 aliphatic heterocycles. The van der Waals surface area contributed by atoms with Gasteiger partial charge in [0.05, 0.1) is 0 Å². The van der Waals surface area contributed by atoms with Gasteiger partial charge in [-0.3, -0.25) is 4.79 Å². The molecule has 0 fully saturated rings. The lowest BCUT2D eigenvalue weighted by Crippen LogP contribution is -1.99. The van der Waals surface area contributed by atoms with Crippen molar-refractivity contribution in [1.82, 2.24) is 4.57 Å². The Balaban J connectivity index is 2.01. The molecule has 90 valence electrons. The van der Waals surface area contributed by atoms with Crippen molar-refractivity contribution in [2.45, 2.75) is 25.8 Å². The Morgan fingerprint density at radius 1 is 1.29 bits per heavy atom. The van der Waals surface area contributed by atoms with Gasteiger partial charge >= 0.3 is 5.97 Å². The zero-order valence-corrected chi connectivity index (χ0v) is 10.2. The molecule has 2 rings (SSSR count). The number of carboxylic acid groups (broad SMARTS) is 1. The average Bonchev–Trinajstić information content (AvgIpc) is 2.66. The van der Waals surface area contributed by atoms with Crippen LogP contribution in [0.3, 0.4) is 0 Å². The summed E-state index contributed by atoms with van der Waals surface area (Å²) in [6.45, 7) is 0.846. The summed E-state index contributed by atoms with van der Waals surface area (Å²) in [5.41, 5.74) is 1.14. The predicted octanol–water partition coefficient (Wildman–Crippen LogP) is 3.55. The third-order valence-corrected chi connectivity index (χ3v) is 3.01. The van der Waals surface area contributed by atoms with E-state index in [-0.39, 0.29) is 6.42 Å². The maximum atomic E-state index is 10.4. The summed E-state index contributed by atoms with van der Waals surface area (Å²) >= 11 is 5.92. The molecule has 0 spiro atoms. The molecule has 0 bridgehead atoms. The summed E-state index contributed by atoms with van der Waals surface area (Å²) in [7, 11) is 0. The topological polar surface area (TPSA) is 42.2 Å². The van der Waals surface area contributed by atoms with Gasteiger partial charge in [-0.15, -0.1) is 0 Å². The van der Waals surface area contributed by atoms with Gasteiger partial charge in [0.2, 0.25) is 0 Å². The molecule has 4 heteroatoms. The van der Waals surface area contributed by atoms with Crippen LogP contribution in [-0.4, -0.2) is 15.6 Å². The fraction of sp³-hybridized carbons (Fsp3) is 0.308. The van der Waals surface area contributed by atoms with Crippen LogP contribution in [0.5, 0.6) is 0 Å². The molecule has 0 aliphatic rings. The first-order chi connectivity index (χ1) is 8.16. The number of unbranched alkanes of at least 4 members (excludes halogenated alkanes) is 1. The van der Waals surface area contributed by atoms with Crippen molar-refractivity contribution in [2.24, 2.45) is 0 Å². The van der Waals surface area contributed by atoms with Crippen molar-refractivity contribution in [2.75, 3.05) is 0 Å². The van der Waals surface area contributed by atoms with Crippen molar-refractivity contribution < 1.29 is 9.90 Å². The number of benzene rings is 1. The number of carboxylic acids is 1. The van der Waals surface area contributed by atoms with Gasteiger partial charge in [-0.05, 0) is 37.1 Å². The van der Waals surface area contributed by atoms with Gasteiger partial charge in [0, 0.05) is 35.1 Å². The first-order valence-corrected chi connectivity index (χ1v) is 6.01. The van der Waals surface area contributed by atoms with Crippen LogP contribution in [0.25, 0.3) is 10.9 Å². The molecular formula is C13H14ClNO2. The van der Waals surface area contributed by atoms with Crippen LogP contribution >= 0.6 is 11.6 Å². The first kappa shape index (κ1) is 12.0. The monoisotopic (exact) mass is 251 g/mol. The highest BCUT2D eigenvalue weighted by Gasteiger charge is 2.02. The largest absolute Gasteiger partial charge is 0.481 e. The Morgan fingerprint density at radius 3 is 2.88 bits per heavy atom. The molecule has 0 saturated carbocycles. The summed E-state index contributed by atoms with van der Waals surface area (Å²) in [5, 5.41) is 10.4. The lowest BCUT2D eigenvalue weighted by atomic mass is 10.2. The van der Waals surface area contributed by atoms with E-state index in [0.29, 0.717) is 6.42 Å². The molecule has 0 atom stereocenters. The Kier molecular flexibility index (Phi) is 3.69. The highest BCUT2D eigenvalue weighted by atomic mass is 35.5. The van der Waals surface area contributed by atoms with E-state index < -0.39 is 5.97 Å². The molecule has 0 aliphatic carbocycles. The highest BCUT2D eigenvalue weighted by Crippen LogP contribution is 2.20. The number of aromatic nitrogens is 1. The van der Waals surface area contributed by atoms with Crippen LogP contribution in [0.1, 0.15) is 19.3 Å². The van der Waals surface area contributed by atoms with E-state index in [9.17, 15) is 4.79 Å². The van der Waals surface area contributed by atoms with Gasteiger partial charge in [0.25, 0.3) is 0 Å². The second-order valence-electron chi connectivity index (χ2n) is 4.06. The van der Waals surface area contributed by atoms with Crippen LogP contribution in [-0.2, 0) is 11.3 Å². The molecule has 2 aromatic rings. The number of halogens is 1. The number of fused-ring (bicyclic) bond motifs is 1. The van der Waals surface area contributed by atoms with Gasteiger partial charge < -0.3 is 9.67 Å². The van der Waals surface area contributed by atoms with E-state index in [1.54, 1.807) is 0 Å². The van der Waals surface area contributed by atoms with E-state index in [2.05, 4.69) is 4.57 Å². The van der Waals surface area contributed by atoms with Gasteiger partial charge in [0.1, 0.15) is 0 Å². The number of nitrogens with zero attached hydrogens (tertiary/aromatic N) is 1. The Labute approximate surface area is 105 Å². The Bertz CT molecular complexity index is 533. The number of hydrogen-bond donors (Lipinski definition) is 1. The van der Waals surface area contributed by atoms with E-state index in [4.69, 9.17) is 16.7 Å². The minimum Gasteiger partial charge on any atom is -0.481 e. The standard InChI is InChI=1S/C13H14ClNO2/c14-11-4-5-12-10(9-11)6-8-15(12)7-2-1-3-13(16)17/h4-6,8-9H,1-3,7H2,(H,16,17). The van der Waals surface area contributed by atoms with Gasteiger partial charge in [-0.1, -0.05) is 11.6 Å². The van der Waals surface area contributed by atoms with Crippen molar-refractivity contribution in [3.8, 4) is 0 Å². The fourth-order valence-electron chi connectivity index (χ4n) is 1.92. The van der Waals surface area contributed by atoms with Crippen LogP contribution in [0.15, 0.2) is 30.5 Å². The molecule has 0 amide bonds. The maximum absolute atomic E-state index is 10.4. The summed E-state index contributed by atoms with van der Waals surface area (Å²) in [5.74, 6) is -0.728. The third kappa shape index (κ3) is 3.01. The fourth-order valence-corrected chi connectivity index (χ4v) is 2.10. The van der Waals surface area contributed by atoms with E-state index in [0.717, 1.165) is 28.9 Å². The molecule has 17 heavy (non-hydrogen) atoms. The molecule has 1 aromatic heterocycles. The van der Waals surface area contributed by atoms with E-state index in [1.165, 1.54) is 0 Å². The summed E-state index contributed by atoms with van der Waals surface area (Å²) in [6, 6.07) is 7.83. The molecule has 3 nitrogen and oxygen atoms in total. The molecule has 0 radical (unpaired) electrons. The van der Waals surface area contributed by atoms with Crippen molar-refractivity contribution in [1.29, 1.82) is 0 Å². The summed E-state index contributed by atoms with van der Waals surface area (Å²) in [4.78, 5) is 10.4. The third-order valence-electron chi connectivity index (χ3n) is 2.77. The lowest BCUT2D eigenvalue weighted by molar-refractivity contribution is -0.137. The molecule has 1 aromatic carbocycles. The first-order valence-electron chi connectivity index (χ1n) is 5.63. The van der Waals surface area contributed by atoms with Crippen molar-refractivity contribution in [3.05, 3.63) is 35.5 Å². The number of aliphatic carboxylic acids is 1. The van der Waals surface area contributed by atoms with Gasteiger partial charge in [-0.25, -0.2) is 0 Å². The second-order valence-corrected chi connectivity index (χ2v) is 4.50. The number of carbonyl (C=O) groups is 1. The molecular weight excluding hydrogens is 238 g/mol. The summed E-state index contributed by atoms with van der Waals surface area (Å²) < 4.78 is 2.13. The zero-order valence-electron chi connectivity index (χ0n) is 9.40. The maximum Gasteiger partial charge on any atom is 0.303 e. The Hall–Kier alpha value is -1.48. The highest BCUT2D eigenvalue weighted by molar-refractivity contribution is 6.31. The number of hydrogen-bond acceptors (Lipinski definition) is 1. The SMILES string of the molecule is O=C(O)CCCCn1ccc2cc(Cl)ccc21. The van der Waals surface area contributed by atoms with Crippen molar-refractivity contribution in [3.63, 3.8) is 0 Å². The lowest BCUT2D eigenvalue weighted by Gasteiger charge is -2.04. The normalized spacial score (nSPS) is 10.9. The smallest absolute Gasteiger partial charge is 0.303 e. The van der Waals surface area contributed by atoms with E-state index >= 15 is 0 Å². The van der Waals surface area contributed by atoms with Crippen LogP contribution < -0.4 is 0 Å². The molecule has 1 N–H and O–H groups in total. The average molecular weight is 252 g/mol. The number of rotatable bonds is 5. The number of aryl methyl sites for hydroxylation is 1. The van der Waals surface area contributed by atoms with Crippen molar-refractivity contribution >= 4 is 28.5 Å². The van der Waals surface area contributed by atoms with Crippen LogP contribution in [0, 0.1) is 0 Å². The Morgan fingerprint density at radius 2 is 2.12 bits per heavy atom. The van der Waals surface area contributed by atoms with Crippen LogP contribution in [0.4, 0.5) is 0 Å². The summed E-state index contributed by atoms with van der Waals surface area (Å²) in [6.07, 6.45) is 3.84. The molecule has 0 saturated heterocycles. The second kappa shape index (κ2) is 5.23. The van der Waals surface area contributed by atoms with Gasteiger partial charge in [0.15, 0.2) is 0 Å². The molecule has 1 heterocycles. The predicted molar refractivity (Wildman–Crippen MR) is 68.4 cm³/mol. The van der Waals surface area contributed by atoms with Crippen LogP contribution in [0.2, 0.25) is 5.02 Å². The minimum absolute atomic E-state index is 0.241. The minimum atomic E-state index is -0.728. The quantitative estimate of drug-likeness (QED) is 0.826. The van der Waals surface area contributed by atoms with Gasteiger partial charge in [-0.2, -0.15) is 0 Å². The van der Waals surface area contributed by atoms with E-state index in [1.807, 2.05) is 30.5 Å². The molecule has 0 unspecified atom stereocenters.